The molecule has 0 amide bonds. The van der Waals surface area contributed by atoms with Gasteiger partial charge in [0.2, 0.25) is 0 Å². The van der Waals surface area contributed by atoms with Gasteiger partial charge in [-0.05, 0) is 61.6 Å². The van der Waals surface area contributed by atoms with Gasteiger partial charge < -0.3 is 14.2 Å². The number of ketones is 1. The minimum Gasteiger partial charge on any atom is -0.457 e. The summed E-state index contributed by atoms with van der Waals surface area (Å²) in [5, 5.41) is 1.22. The summed E-state index contributed by atoms with van der Waals surface area (Å²) >= 11 is 12.2. The molecule has 6 rings (SSSR count). The predicted octanol–water partition coefficient (Wildman–Crippen LogP) is 6.35. The van der Waals surface area contributed by atoms with E-state index in [2.05, 4.69) is 13.5 Å². The average molecular weight is 525 g/mol. The van der Waals surface area contributed by atoms with Crippen LogP contribution >= 0.6 is 23.2 Å². The van der Waals surface area contributed by atoms with Gasteiger partial charge >= 0.3 is 5.97 Å². The second-order valence-corrected chi connectivity index (χ2v) is 11.3. The van der Waals surface area contributed by atoms with E-state index in [0.717, 1.165) is 17.5 Å². The lowest BCUT2D eigenvalue weighted by Crippen LogP contribution is -2.59. The summed E-state index contributed by atoms with van der Waals surface area (Å²) in [5.41, 5.74) is 0.387. The molecule has 2 aromatic carbocycles. The fraction of sp³-hybridized carbons (Fsp3) is 0.379. The number of Topliss-reactive ketones (excluding diaryl/α,β-unsaturated/α-hetero) is 1. The Morgan fingerprint density at radius 2 is 1.64 bits per heavy atom. The van der Waals surface area contributed by atoms with Crippen LogP contribution in [0.1, 0.15) is 44.1 Å². The third-order valence-corrected chi connectivity index (χ3v) is 9.14. The van der Waals surface area contributed by atoms with Crippen molar-refractivity contribution >= 4 is 41.0 Å². The van der Waals surface area contributed by atoms with E-state index in [-0.39, 0.29) is 17.6 Å². The number of fused-ring (bicyclic) bond motifs is 2. The molecule has 2 saturated heterocycles. The van der Waals surface area contributed by atoms with Gasteiger partial charge in [0, 0.05) is 32.7 Å². The molecule has 2 aliphatic heterocycles. The van der Waals surface area contributed by atoms with E-state index < -0.39 is 35.5 Å². The third kappa shape index (κ3) is 3.16. The van der Waals surface area contributed by atoms with E-state index in [1.54, 1.807) is 24.3 Å². The second kappa shape index (κ2) is 8.29. The largest absolute Gasteiger partial charge is 0.457 e. The molecular formula is C29H26Cl2O5. The fourth-order valence-corrected chi connectivity index (χ4v) is 7.02. The first kappa shape index (κ1) is 23.9. The second-order valence-electron chi connectivity index (χ2n) is 10.4. The monoisotopic (exact) mass is 524 g/mol. The van der Waals surface area contributed by atoms with Gasteiger partial charge in [0.05, 0.1) is 0 Å². The quantitative estimate of drug-likeness (QED) is 0.338. The van der Waals surface area contributed by atoms with Crippen molar-refractivity contribution in [3.63, 3.8) is 0 Å². The zero-order chi connectivity index (χ0) is 25.4. The lowest BCUT2D eigenvalue weighted by atomic mass is 9.64. The van der Waals surface area contributed by atoms with Gasteiger partial charge in [-0.25, -0.2) is 4.79 Å². The van der Waals surface area contributed by atoms with Crippen LogP contribution in [0.15, 0.2) is 66.3 Å². The smallest absolute Gasteiger partial charge is 0.334 e. The standard InChI is InChI=1S/C29H26Cl2O5/c1-15-4-13-21-16(2)26(33)34-24(21)28(3)23(32)22(14-17-5-9-19(30)10-6-17)25-29(15,28)36-27(35-25)18-7-11-20(31)12-8-18/h5-12,14-15,21,24-25,27H,2,4,13H2,1,3H3/b22-14-/t15-,21-,24+,25-,27?,28-,29-/m0/s1. The highest BCUT2D eigenvalue weighted by Gasteiger charge is 2.78. The maximum Gasteiger partial charge on any atom is 0.334 e. The Bertz CT molecular complexity index is 1300. The van der Waals surface area contributed by atoms with Gasteiger partial charge in [-0.3, -0.25) is 4.79 Å². The van der Waals surface area contributed by atoms with Crippen LogP contribution < -0.4 is 0 Å². The summed E-state index contributed by atoms with van der Waals surface area (Å²) in [5.74, 6) is -0.865. The van der Waals surface area contributed by atoms with Crippen molar-refractivity contribution in [3.8, 4) is 0 Å². The first-order chi connectivity index (χ1) is 17.2. The maximum atomic E-state index is 14.4. The Labute approximate surface area is 220 Å². The maximum absolute atomic E-state index is 14.4. The molecule has 4 aliphatic rings. The Hall–Kier alpha value is -2.44. The third-order valence-electron chi connectivity index (χ3n) is 8.63. The average Bonchev–Trinajstić information content (AvgIpc) is 3.43. The topological polar surface area (TPSA) is 61.8 Å². The van der Waals surface area contributed by atoms with Gasteiger partial charge in [-0.1, -0.05) is 61.0 Å². The SMILES string of the molecule is C=C1C(=O)O[C@@H]2[C@H]1CC[C@H](C)[C@]13OC(c4ccc(Cl)cc4)O[C@H]1/C(=C\c1ccc(Cl)cc1)C(=O)[C@@]23C. The van der Waals surface area contributed by atoms with Gasteiger partial charge in [-0.2, -0.15) is 0 Å². The molecule has 1 spiro atoms. The van der Waals surface area contributed by atoms with E-state index >= 15 is 0 Å². The number of esters is 1. The minimum absolute atomic E-state index is 0.0537. The van der Waals surface area contributed by atoms with Crippen LogP contribution in [0.4, 0.5) is 0 Å². The highest BCUT2D eigenvalue weighted by atomic mass is 35.5. The first-order valence-electron chi connectivity index (χ1n) is 12.2. The van der Waals surface area contributed by atoms with Gasteiger partial charge in [-0.15, -0.1) is 0 Å². The van der Waals surface area contributed by atoms with Crippen LogP contribution in [0.25, 0.3) is 6.08 Å². The molecule has 0 aromatic heterocycles. The summed E-state index contributed by atoms with van der Waals surface area (Å²) in [7, 11) is 0. The van der Waals surface area contributed by atoms with Crippen molar-refractivity contribution in [3.05, 3.63) is 87.4 Å². The van der Waals surface area contributed by atoms with Crippen LogP contribution in [0.2, 0.25) is 10.0 Å². The van der Waals surface area contributed by atoms with Gasteiger partial charge in [0.25, 0.3) is 0 Å². The van der Waals surface area contributed by atoms with E-state index in [9.17, 15) is 9.59 Å². The number of hydrogen-bond acceptors (Lipinski definition) is 5. The summed E-state index contributed by atoms with van der Waals surface area (Å²) in [6, 6.07) is 14.6. The Kier molecular flexibility index (Phi) is 5.51. The Morgan fingerprint density at radius 3 is 2.31 bits per heavy atom. The van der Waals surface area contributed by atoms with E-state index in [1.807, 2.05) is 37.3 Å². The molecule has 7 heteroatoms. The molecule has 5 nitrogen and oxygen atoms in total. The highest BCUT2D eigenvalue weighted by molar-refractivity contribution is 6.30. The molecule has 0 bridgehead atoms. The Balaban J connectivity index is 1.54. The fourth-order valence-electron chi connectivity index (χ4n) is 6.77. The van der Waals surface area contributed by atoms with Crippen molar-refractivity contribution in [2.45, 2.75) is 50.8 Å². The lowest BCUT2D eigenvalue weighted by Gasteiger charge is -2.45. The van der Waals surface area contributed by atoms with E-state index in [4.69, 9.17) is 37.4 Å². The molecular weight excluding hydrogens is 499 g/mol. The van der Waals surface area contributed by atoms with Crippen molar-refractivity contribution in [1.29, 1.82) is 0 Å². The summed E-state index contributed by atoms with van der Waals surface area (Å²) in [4.78, 5) is 27.0. The molecule has 186 valence electrons. The number of carbonyl (C=O) groups excluding carboxylic acids is 2. The molecule has 7 atom stereocenters. The molecule has 1 unspecified atom stereocenters. The normalized spacial score (nSPS) is 38.5. The van der Waals surface area contributed by atoms with Crippen LogP contribution in [-0.2, 0) is 23.8 Å². The van der Waals surface area contributed by atoms with Crippen molar-refractivity contribution in [1.82, 2.24) is 0 Å². The zero-order valence-corrected chi connectivity index (χ0v) is 21.5. The van der Waals surface area contributed by atoms with Crippen LogP contribution in [0, 0.1) is 17.3 Å². The number of hydrogen-bond donors (Lipinski definition) is 0. The minimum atomic E-state index is -1.16. The number of benzene rings is 2. The molecule has 0 N–H and O–H groups in total. The van der Waals surface area contributed by atoms with Crippen LogP contribution in [0.3, 0.4) is 0 Å². The van der Waals surface area contributed by atoms with Crippen molar-refractivity contribution < 1.29 is 23.8 Å². The number of halogens is 2. The molecule has 0 radical (unpaired) electrons. The number of ether oxygens (including phenoxy) is 3. The molecule has 36 heavy (non-hydrogen) atoms. The van der Waals surface area contributed by atoms with Crippen molar-refractivity contribution in [2.24, 2.45) is 17.3 Å². The summed E-state index contributed by atoms with van der Waals surface area (Å²) in [6.07, 6.45) is 1.26. The number of rotatable bonds is 2. The number of carbonyl (C=O) groups is 2. The summed E-state index contributed by atoms with van der Waals surface area (Å²) < 4.78 is 19.4. The zero-order valence-electron chi connectivity index (χ0n) is 20.0. The van der Waals surface area contributed by atoms with E-state index in [1.165, 1.54) is 0 Å². The van der Waals surface area contributed by atoms with Gasteiger partial charge in [0.15, 0.2) is 12.1 Å². The highest BCUT2D eigenvalue weighted by Crippen LogP contribution is 2.66. The van der Waals surface area contributed by atoms with E-state index in [0.29, 0.717) is 27.6 Å². The van der Waals surface area contributed by atoms with Crippen molar-refractivity contribution in [2.75, 3.05) is 0 Å². The molecule has 4 fully saturated rings. The van der Waals surface area contributed by atoms with Gasteiger partial charge in [0.1, 0.15) is 23.2 Å². The summed E-state index contributed by atoms with van der Waals surface area (Å²) in [6.45, 7) is 7.99. The van der Waals surface area contributed by atoms with Crippen LogP contribution in [-0.4, -0.2) is 29.6 Å². The van der Waals surface area contributed by atoms with Crippen LogP contribution in [0.5, 0.6) is 0 Å². The Morgan fingerprint density at radius 1 is 1.00 bits per heavy atom. The molecule has 2 saturated carbocycles. The molecule has 2 aromatic rings. The molecule has 2 heterocycles. The predicted molar refractivity (Wildman–Crippen MR) is 136 cm³/mol. The lowest BCUT2D eigenvalue weighted by molar-refractivity contribution is -0.191. The molecule has 2 aliphatic carbocycles. The first-order valence-corrected chi connectivity index (χ1v) is 12.9.